The quantitative estimate of drug-likeness (QED) is 0.457. The van der Waals surface area contributed by atoms with E-state index in [1.54, 1.807) is 24.0 Å². The molecule has 2 heterocycles. The summed E-state index contributed by atoms with van der Waals surface area (Å²) in [5, 5.41) is 15.0. The fourth-order valence-electron chi connectivity index (χ4n) is 3.21. The van der Waals surface area contributed by atoms with Crippen LogP contribution in [0, 0.1) is 26.6 Å². The molecular weight excluding hydrogens is 415 g/mol. The predicted octanol–water partition coefficient (Wildman–Crippen LogP) is 4.59. The molecule has 0 unspecified atom stereocenters. The summed E-state index contributed by atoms with van der Waals surface area (Å²) in [6, 6.07) is 10.6. The van der Waals surface area contributed by atoms with E-state index in [2.05, 4.69) is 20.4 Å². The van der Waals surface area contributed by atoms with E-state index < -0.39 is 0 Å². The molecule has 0 saturated carbocycles. The van der Waals surface area contributed by atoms with Gasteiger partial charge in [0.05, 0.1) is 11.4 Å². The van der Waals surface area contributed by atoms with Gasteiger partial charge >= 0.3 is 0 Å². The fourth-order valence-corrected chi connectivity index (χ4v) is 4.08. The van der Waals surface area contributed by atoms with Gasteiger partial charge in [-0.3, -0.25) is 9.69 Å². The minimum Gasteiger partial charge on any atom is -0.274 e. The highest BCUT2D eigenvalue weighted by Gasteiger charge is 2.20. The molecule has 0 atom stereocenters. The number of hydrogen-bond acceptors (Lipinski definition) is 6. The van der Waals surface area contributed by atoms with Crippen molar-refractivity contribution in [3.63, 3.8) is 0 Å². The van der Waals surface area contributed by atoms with Crippen LogP contribution in [-0.2, 0) is 11.3 Å². The third-order valence-electron chi connectivity index (χ3n) is 5.04. The van der Waals surface area contributed by atoms with Gasteiger partial charge in [-0.15, -0.1) is 21.5 Å². The third-order valence-corrected chi connectivity index (χ3v) is 5.91. The number of tetrazole rings is 1. The third kappa shape index (κ3) is 4.22. The van der Waals surface area contributed by atoms with Gasteiger partial charge < -0.3 is 0 Å². The minimum atomic E-state index is -0.273. The molecule has 1 amide bonds. The number of thiazole rings is 1. The average molecular weight is 437 g/mol. The highest BCUT2D eigenvalue weighted by atomic mass is 32.1. The molecule has 2 aromatic heterocycles. The summed E-state index contributed by atoms with van der Waals surface area (Å²) in [5.74, 6) is 0.0340. The highest BCUT2D eigenvalue weighted by Crippen LogP contribution is 2.32. The van der Waals surface area contributed by atoms with E-state index in [9.17, 15) is 9.18 Å². The number of amides is 1. The number of hydrogen-bond donors (Lipinski definition) is 0. The predicted molar refractivity (Wildman–Crippen MR) is 118 cm³/mol. The maximum Gasteiger partial charge on any atom is 0.230 e. The maximum absolute atomic E-state index is 13.5. The number of rotatable bonds is 5. The van der Waals surface area contributed by atoms with Crippen molar-refractivity contribution in [2.24, 2.45) is 0 Å². The lowest BCUT2D eigenvalue weighted by Gasteiger charge is -2.21. The summed E-state index contributed by atoms with van der Waals surface area (Å²) in [7, 11) is 0. The van der Waals surface area contributed by atoms with Gasteiger partial charge in [0.2, 0.25) is 11.7 Å². The lowest BCUT2D eigenvalue weighted by atomic mass is 10.1. The van der Waals surface area contributed by atoms with Crippen LogP contribution in [0.15, 0.2) is 41.8 Å². The molecule has 4 aromatic rings. The monoisotopic (exact) mass is 436 g/mol. The van der Waals surface area contributed by atoms with Gasteiger partial charge in [-0.05, 0) is 66.9 Å². The first-order valence-corrected chi connectivity index (χ1v) is 10.6. The topological polar surface area (TPSA) is 76.8 Å². The van der Waals surface area contributed by atoms with E-state index in [1.165, 1.54) is 29.1 Å². The van der Waals surface area contributed by atoms with Crippen LogP contribution in [0.4, 0.5) is 15.2 Å². The number of nitrogens with zero attached hydrogens (tertiary/aromatic N) is 6. The van der Waals surface area contributed by atoms with Gasteiger partial charge in [0.25, 0.3) is 0 Å². The Kier molecular flexibility index (Phi) is 5.60. The summed E-state index contributed by atoms with van der Waals surface area (Å²) in [6.07, 6.45) is 0. The van der Waals surface area contributed by atoms with Crippen LogP contribution in [0.2, 0.25) is 0 Å². The van der Waals surface area contributed by atoms with Gasteiger partial charge in [0.15, 0.2) is 5.13 Å². The average Bonchev–Trinajstić information content (AvgIpc) is 3.38. The Morgan fingerprint density at radius 2 is 1.97 bits per heavy atom. The summed E-state index contributed by atoms with van der Waals surface area (Å²) >= 11 is 1.38. The van der Waals surface area contributed by atoms with Crippen LogP contribution in [0.3, 0.4) is 0 Å². The minimum absolute atomic E-state index is 0.109. The number of aromatic nitrogens is 5. The molecule has 7 nitrogen and oxygen atoms in total. The number of carbonyl (C=O) groups excluding carboxylic acids is 1. The Labute approximate surface area is 183 Å². The van der Waals surface area contributed by atoms with E-state index in [0.29, 0.717) is 28.6 Å². The smallest absolute Gasteiger partial charge is 0.230 e. The summed E-state index contributed by atoms with van der Waals surface area (Å²) in [6.45, 7) is 7.53. The molecule has 158 valence electrons. The zero-order valence-electron chi connectivity index (χ0n) is 17.6. The fraction of sp³-hybridized carbons (Fsp3) is 0.227. The van der Waals surface area contributed by atoms with Crippen molar-refractivity contribution >= 4 is 28.1 Å². The normalized spacial score (nSPS) is 11.0. The Hall–Kier alpha value is -3.46. The molecule has 0 N–H and O–H groups in total. The molecule has 4 rings (SSSR count). The lowest BCUT2D eigenvalue weighted by molar-refractivity contribution is -0.115. The number of halogens is 1. The molecule has 31 heavy (non-hydrogen) atoms. The molecule has 0 fully saturated rings. The number of aryl methyl sites for hydroxylation is 2. The second-order valence-corrected chi connectivity index (χ2v) is 8.14. The standard InChI is InChI=1S/C22H21FN6OS/c1-13-6-5-7-20(15(13)3)29(16(4)30)22-24-18(12-31-22)11-28-26-21(25-27-28)17-8-9-19(23)14(2)10-17/h5-10,12H,11H2,1-4H3. The van der Waals surface area contributed by atoms with Gasteiger partial charge in [0, 0.05) is 17.9 Å². The first-order chi connectivity index (χ1) is 14.8. The first kappa shape index (κ1) is 20.8. The van der Waals surface area contributed by atoms with Gasteiger partial charge in [-0.2, -0.15) is 4.80 Å². The van der Waals surface area contributed by atoms with Crippen molar-refractivity contribution < 1.29 is 9.18 Å². The van der Waals surface area contributed by atoms with Crippen LogP contribution in [0.1, 0.15) is 29.3 Å². The second-order valence-electron chi connectivity index (χ2n) is 7.30. The van der Waals surface area contributed by atoms with Crippen molar-refractivity contribution in [1.29, 1.82) is 0 Å². The highest BCUT2D eigenvalue weighted by molar-refractivity contribution is 7.14. The summed E-state index contributed by atoms with van der Waals surface area (Å²) in [5.41, 5.74) is 4.90. The zero-order chi connectivity index (χ0) is 22.1. The molecule has 0 aliphatic rings. The zero-order valence-corrected chi connectivity index (χ0v) is 18.4. The lowest BCUT2D eigenvalue weighted by Crippen LogP contribution is -2.23. The molecule has 0 saturated heterocycles. The maximum atomic E-state index is 13.5. The molecule has 0 aliphatic heterocycles. The van der Waals surface area contributed by atoms with E-state index in [1.807, 2.05) is 37.4 Å². The van der Waals surface area contributed by atoms with Crippen LogP contribution < -0.4 is 4.90 Å². The van der Waals surface area contributed by atoms with Crippen molar-refractivity contribution in [2.45, 2.75) is 34.2 Å². The van der Waals surface area contributed by atoms with Crippen LogP contribution in [-0.4, -0.2) is 31.1 Å². The van der Waals surface area contributed by atoms with E-state index in [4.69, 9.17) is 0 Å². The van der Waals surface area contributed by atoms with Crippen LogP contribution >= 0.6 is 11.3 Å². The SMILES string of the molecule is CC(=O)N(c1nc(Cn2nnc(-c3ccc(F)c(C)c3)n2)cs1)c1cccc(C)c1C. The number of carbonyl (C=O) groups is 1. The van der Waals surface area contributed by atoms with E-state index >= 15 is 0 Å². The Bertz CT molecular complexity index is 1260. The summed E-state index contributed by atoms with van der Waals surface area (Å²) < 4.78 is 13.5. The molecule has 0 bridgehead atoms. The van der Waals surface area contributed by atoms with Crippen LogP contribution in [0.5, 0.6) is 0 Å². The Balaban J connectivity index is 1.57. The second kappa shape index (κ2) is 8.35. The molecule has 0 spiro atoms. The molecular formula is C22H21FN6OS. The largest absolute Gasteiger partial charge is 0.274 e. The van der Waals surface area contributed by atoms with Crippen LogP contribution in [0.25, 0.3) is 11.4 Å². The van der Waals surface area contributed by atoms with Crippen molar-refractivity contribution in [2.75, 3.05) is 4.90 Å². The molecule has 9 heteroatoms. The number of anilines is 2. The van der Waals surface area contributed by atoms with E-state index in [0.717, 1.165) is 22.5 Å². The summed E-state index contributed by atoms with van der Waals surface area (Å²) in [4.78, 5) is 20.1. The van der Waals surface area contributed by atoms with Crippen molar-refractivity contribution in [3.8, 4) is 11.4 Å². The van der Waals surface area contributed by atoms with Crippen molar-refractivity contribution in [3.05, 3.63) is 70.0 Å². The number of benzene rings is 2. The van der Waals surface area contributed by atoms with Crippen molar-refractivity contribution in [1.82, 2.24) is 25.2 Å². The first-order valence-electron chi connectivity index (χ1n) is 9.69. The molecule has 0 aliphatic carbocycles. The van der Waals surface area contributed by atoms with E-state index in [-0.39, 0.29) is 11.7 Å². The van der Waals surface area contributed by atoms with Gasteiger partial charge in [0.1, 0.15) is 12.4 Å². The molecule has 0 radical (unpaired) electrons. The van der Waals surface area contributed by atoms with Gasteiger partial charge in [-0.1, -0.05) is 12.1 Å². The Morgan fingerprint density at radius 3 is 2.71 bits per heavy atom. The Morgan fingerprint density at radius 1 is 1.16 bits per heavy atom. The van der Waals surface area contributed by atoms with Gasteiger partial charge in [-0.25, -0.2) is 9.37 Å². The molecule has 2 aromatic carbocycles.